The minimum atomic E-state index is -0.206. The highest BCUT2D eigenvalue weighted by molar-refractivity contribution is 6.03. The van der Waals surface area contributed by atoms with E-state index in [9.17, 15) is 19.5 Å². The maximum atomic E-state index is 11.7. The van der Waals surface area contributed by atoms with Crippen molar-refractivity contribution >= 4 is 23.8 Å². The molecule has 1 heterocycles. The Morgan fingerprint density at radius 3 is 2.62 bits per heavy atom. The number of carbonyl (C=O) groups excluding carboxylic acids is 3. The molecule has 6 heteroatoms. The number of aromatic hydroxyl groups is 1. The second-order valence-corrected chi connectivity index (χ2v) is 5.91. The molecular weight excluding hydrogens is 308 g/mol. The number of likely N-dealkylation sites (tertiary alicyclic amines) is 1. The summed E-state index contributed by atoms with van der Waals surface area (Å²) in [6.45, 7) is 2.67. The molecule has 0 aromatic heterocycles. The lowest BCUT2D eigenvalue weighted by atomic mass is 10.1. The Bertz CT molecular complexity index is 637. The van der Waals surface area contributed by atoms with Gasteiger partial charge in [-0.1, -0.05) is 19.1 Å². The van der Waals surface area contributed by atoms with Crippen molar-refractivity contribution in [2.75, 3.05) is 13.1 Å². The van der Waals surface area contributed by atoms with E-state index in [4.69, 9.17) is 0 Å². The van der Waals surface area contributed by atoms with Crippen LogP contribution < -0.4 is 5.32 Å². The Morgan fingerprint density at radius 1 is 1.29 bits per heavy atom. The van der Waals surface area contributed by atoms with Crippen LogP contribution in [0.4, 0.5) is 0 Å². The molecule has 6 nitrogen and oxygen atoms in total. The lowest BCUT2D eigenvalue weighted by Crippen LogP contribution is -2.32. The first kappa shape index (κ1) is 17.7. The lowest BCUT2D eigenvalue weighted by Gasteiger charge is -2.13. The van der Waals surface area contributed by atoms with E-state index in [1.165, 1.54) is 11.0 Å². The van der Waals surface area contributed by atoms with Crippen LogP contribution >= 0.6 is 0 Å². The minimum Gasteiger partial charge on any atom is -0.508 e. The zero-order valence-electron chi connectivity index (χ0n) is 13.7. The third-order valence-corrected chi connectivity index (χ3v) is 3.90. The zero-order chi connectivity index (χ0) is 17.5. The summed E-state index contributed by atoms with van der Waals surface area (Å²) in [4.78, 5) is 36.4. The van der Waals surface area contributed by atoms with Gasteiger partial charge in [0.1, 0.15) is 5.75 Å². The molecule has 1 aliphatic heterocycles. The van der Waals surface area contributed by atoms with Crippen molar-refractivity contribution in [2.45, 2.75) is 26.2 Å². The largest absolute Gasteiger partial charge is 0.508 e. The van der Waals surface area contributed by atoms with Crippen molar-refractivity contribution in [3.8, 4) is 5.75 Å². The van der Waals surface area contributed by atoms with Crippen LogP contribution in [0.5, 0.6) is 5.75 Å². The summed E-state index contributed by atoms with van der Waals surface area (Å²) in [5.74, 6) is -0.428. The molecule has 3 amide bonds. The van der Waals surface area contributed by atoms with E-state index in [1.807, 2.05) is 0 Å². The van der Waals surface area contributed by atoms with Crippen molar-refractivity contribution in [3.05, 3.63) is 35.9 Å². The number of hydrogen-bond acceptors (Lipinski definition) is 4. The van der Waals surface area contributed by atoms with Crippen molar-refractivity contribution < 1.29 is 19.5 Å². The van der Waals surface area contributed by atoms with Gasteiger partial charge in [-0.25, -0.2) is 0 Å². The third-order valence-electron chi connectivity index (χ3n) is 3.90. The maximum Gasteiger partial charge on any atom is 0.243 e. The van der Waals surface area contributed by atoms with Crippen LogP contribution in [0.1, 0.15) is 31.7 Å². The number of rotatable bonds is 7. The normalized spacial score (nSPS) is 17.7. The van der Waals surface area contributed by atoms with Crippen LogP contribution in [0.25, 0.3) is 6.08 Å². The average Bonchev–Trinajstić information content (AvgIpc) is 2.80. The first-order chi connectivity index (χ1) is 11.5. The molecular formula is C18H22N2O4. The minimum absolute atomic E-state index is 0.0964. The number of imide groups is 1. The van der Waals surface area contributed by atoms with Crippen molar-refractivity contribution in [2.24, 2.45) is 5.92 Å². The molecule has 1 aliphatic rings. The molecule has 128 valence electrons. The summed E-state index contributed by atoms with van der Waals surface area (Å²) in [6, 6.07) is 6.53. The molecule has 0 bridgehead atoms. The number of carbonyl (C=O) groups is 3. The van der Waals surface area contributed by atoms with E-state index in [0.717, 1.165) is 5.56 Å². The number of amides is 3. The van der Waals surface area contributed by atoms with Crippen LogP contribution in [-0.4, -0.2) is 40.8 Å². The Balaban J connectivity index is 1.63. The van der Waals surface area contributed by atoms with Gasteiger partial charge in [0.15, 0.2) is 0 Å². The van der Waals surface area contributed by atoms with Crippen molar-refractivity contribution in [1.29, 1.82) is 0 Å². The van der Waals surface area contributed by atoms with Crippen molar-refractivity contribution in [1.82, 2.24) is 10.2 Å². The number of phenols is 1. The molecule has 2 rings (SSSR count). The molecule has 0 radical (unpaired) electrons. The van der Waals surface area contributed by atoms with E-state index in [0.29, 0.717) is 32.4 Å². The summed E-state index contributed by atoms with van der Waals surface area (Å²) in [5.41, 5.74) is 0.822. The second-order valence-electron chi connectivity index (χ2n) is 5.91. The number of nitrogens with zero attached hydrogens (tertiary/aromatic N) is 1. The molecule has 1 atom stereocenters. The third kappa shape index (κ3) is 4.94. The monoisotopic (exact) mass is 330 g/mol. The summed E-state index contributed by atoms with van der Waals surface area (Å²) in [6.07, 6.45) is 4.77. The highest BCUT2D eigenvalue weighted by Gasteiger charge is 2.34. The molecule has 1 saturated heterocycles. The van der Waals surface area contributed by atoms with Gasteiger partial charge >= 0.3 is 0 Å². The standard InChI is InChI=1S/C18H22N2O4/c1-13-12-17(23)20(18(13)24)11-3-2-10-19-16(22)9-6-14-4-7-15(21)8-5-14/h4-9,13,21H,2-3,10-12H2,1H3,(H,19,22)/b9-6+/t13-/m0/s1. The van der Waals surface area contributed by atoms with E-state index < -0.39 is 0 Å². The Kier molecular flexibility index (Phi) is 6.12. The van der Waals surface area contributed by atoms with Gasteiger partial charge in [-0.15, -0.1) is 0 Å². The highest BCUT2D eigenvalue weighted by Crippen LogP contribution is 2.18. The highest BCUT2D eigenvalue weighted by atomic mass is 16.3. The molecule has 0 spiro atoms. The molecule has 0 aliphatic carbocycles. The van der Waals surface area contributed by atoms with Gasteiger partial charge in [0.2, 0.25) is 17.7 Å². The van der Waals surface area contributed by atoms with Crippen LogP contribution in [0.2, 0.25) is 0 Å². The van der Waals surface area contributed by atoms with E-state index in [1.54, 1.807) is 37.3 Å². The van der Waals surface area contributed by atoms with Crippen LogP contribution in [-0.2, 0) is 14.4 Å². The van der Waals surface area contributed by atoms with Gasteiger partial charge in [-0.2, -0.15) is 0 Å². The fraction of sp³-hybridized carbons (Fsp3) is 0.389. The topological polar surface area (TPSA) is 86.7 Å². The number of unbranched alkanes of at least 4 members (excludes halogenated alkanes) is 1. The zero-order valence-corrected chi connectivity index (χ0v) is 13.7. The molecule has 2 N–H and O–H groups in total. The van der Waals surface area contributed by atoms with Gasteiger partial charge in [-0.3, -0.25) is 19.3 Å². The Labute approximate surface area is 141 Å². The van der Waals surface area contributed by atoms with Gasteiger partial charge in [0.05, 0.1) is 0 Å². The first-order valence-corrected chi connectivity index (χ1v) is 8.06. The predicted molar refractivity (Wildman–Crippen MR) is 89.9 cm³/mol. The predicted octanol–water partition coefficient (Wildman–Crippen LogP) is 1.70. The fourth-order valence-electron chi connectivity index (χ4n) is 2.51. The van der Waals surface area contributed by atoms with Crippen LogP contribution in [0, 0.1) is 5.92 Å². The average molecular weight is 330 g/mol. The van der Waals surface area contributed by atoms with E-state index >= 15 is 0 Å². The van der Waals surface area contributed by atoms with Crippen LogP contribution in [0.3, 0.4) is 0 Å². The molecule has 0 saturated carbocycles. The second kappa shape index (κ2) is 8.29. The molecule has 1 aromatic rings. The smallest absolute Gasteiger partial charge is 0.243 e. The summed E-state index contributed by atoms with van der Waals surface area (Å²) >= 11 is 0. The van der Waals surface area contributed by atoms with Gasteiger partial charge < -0.3 is 10.4 Å². The van der Waals surface area contributed by atoms with Crippen LogP contribution in [0.15, 0.2) is 30.3 Å². The number of hydrogen-bond donors (Lipinski definition) is 2. The summed E-state index contributed by atoms with van der Waals surface area (Å²) < 4.78 is 0. The maximum absolute atomic E-state index is 11.7. The van der Waals surface area contributed by atoms with E-state index in [-0.39, 0.29) is 29.4 Å². The quantitative estimate of drug-likeness (QED) is 0.452. The first-order valence-electron chi connectivity index (χ1n) is 8.06. The van der Waals surface area contributed by atoms with Gasteiger partial charge in [-0.05, 0) is 36.6 Å². The van der Waals surface area contributed by atoms with E-state index in [2.05, 4.69) is 5.32 Å². The van der Waals surface area contributed by atoms with Gasteiger partial charge in [0.25, 0.3) is 0 Å². The number of phenolic OH excluding ortho intramolecular Hbond substituents is 1. The lowest BCUT2D eigenvalue weighted by molar-refractivity contribution is -0.139. The fourth-order valence-corrected chi connectivity index (χ4v) is 2.51. The SMILES string of the molecule is C[C@H]1CC(=O)N(CCCCNC(=O)/C=C/c2ccc(O)cc2)C1=O. The number of nitrogens with one attached hydrogen (secondary N) is 1. The number of benzene rings is 1. The van der Waals surface area contributed by atoms with Gasteiger partial charge in [0, 0.05) is 31.5 Å². The molecule has 1 aromatic carbocycles. The summed E-state index contributed by atoms with van der Waals surface area (Å²) in [5, 5.41) is 11.9. The molecule has 24 heavy (non-hydrogen) atoms. The molecule has 0 unspecified atom stereocenters. The Morgan fingerprint density at radius 2 is 2.00 bits per heavy atom. The molecule has 1 fully saturated rings. The van der Waals surface area contributed by atoms with Crippen molar-refractivity contribution in [3.63, 3.8) is 0 Å². The Hall–Kier alpha value is -2.63. The summed E-state index contributed by atoms with van der Waals surface area (Å²) in [7, 11) is 0.